The minimum Gasteiger partial charge on any atom is -0.474 e. The summed E-state index contributed by atoms with van der Waals surface area (Å²) in [5, 5.41) is 3.51. The monoisotopic (exact) mass is 326 g/mol. The van der Waals surface area contributed by atoms with Crippen LogP contribution in [0, 0.1) is 0 Å². The molecule has 19 heavy (non-hydrogen) atoms. The SMILES string of the molecule is Brc1cnc(OC2CCOCC2)c(CNC2CC2)c1. The van der Waals surface area contributed by atoms with Gasteiger partial charge in [-0.25, -0.2) is 4.98 Å². The standard InChI is InChI=1S/C14H19BrN2O2/c15-11-7-10(8-16-12-1-2-12)14(17-9-11)19-13-3-5-18-6-4-13/h7,9,12-13,16H,1-6,8H2. The Labute approximate surface area is 122 Å². The topological polar surface area (TPSA) is 43.4 Å². The Morgan fingerprint density at radius 3 is 2.84 bits per heavy atom. The maximum absolute atomic E-state index is 6.04. The number of hydrogen-bond acceptors (Lipinski definition) is 4. The van der Waals surface area contributed by atoms with E-state index in [4.69, 9.17) is 9.47 Å². The van der Waals surface area contributed by atoms with Crippen LogP contribution in [0.4, 0.5) is 0 Å². The van der Waals surface area contributed by atoms with Crippen molar-refractivity contribution in [2.24, 2.45) is 0 Å². The lowest BCUT2D eigenvalue weighted by Crippen LogP contribution is -2.27. The highest BCUT2D eigenvalue weighted by Crippen LogP contribution is 2.25. The van der Waals surface area contributed by atoms with E-state index in [1.165, 1.54) is 12.8 Å². The van der Waals surface area contributed by atoms with E-state index in [9.17, 15) is 0 Å². The van der Waals surface area contributed by atoms with Crippen LogP contribution in [-0.4, -0.2) is 30.3 Å². The lowest BCUT2D eigenvalue weighted by Gasteiger charge is -2.24. The van der Waals surface area contributed by atoms with Gasteiger partial charge in [0.25, 0.3) is 0 Å². The largest absolute Gasteiger partial charge is 0.474 e. The smallest absolute Gasteiger partial charge is 0.218 e. The van der Waals surface area contributed by atoms with Gasteiger partial charge in [0, 0.05) is 41.7 Å². The maximum Gasteiger partial charge on any atom is 0.218 e. The van der Waals surface area contributed by atoms with Crippen LogP contribution in [0.2, 0.25) is 0 Å². The predicted molar refractivity (Wildman–Crippen MR) is 76.3 cm³/mol. The first-order valence-electron chi connectivity index (χ1n) is 6.93. The molecule has 1 aromatic rings. The number of halogens is 1. The molecular weight excluding hydrogens is 308 g/mol. The molecule has 2 heterocycles. The van der Waals surface area contributed by atoms with Crippen LogP contribution in [0.3, 0.4) is 0 Å². The van der Waals surface area contributed by atoms with Gasteiger partial charge in [-0.1, -0.05) is 0 Å². The molecular formula is C14H19BrN2O2. The maximum atomic E-state index is 6.04. The van der Waals surface area contributed by atoms with Crippen LogP contribution in [-0.2, 0) is 11.3 Å². The number of pyridine rings is 1. The zero-order valence-corrected chi connectivity index (χ0v) is 12.5. The molecule has 2 fully saturated rings. The Kier molecular flexibility index (Phi) is 4.35. The Balaban J connectivity index is 1.66. The quantitative estimate of drug-likeness (QED) is 0.903. The molecule has 0 amide bonds. The van der Waals surface area contributed by atoms with Gasteiger partial charge in [0.05, 0.1) is 13.2 Å². The Hall–Kier alpha value is -0.650. The van der Waals surface area contributed by atoms with Gasteiger partial charge in [0.2, 0.25) is 5.88 Å². The number of nitrogens with zero attached hydrogens (tertiary/aromatic N) is 1. The predicted octanol–water partition coefficient (Wildman–Crippen LogP) is 2.65. The van der Waals surface area contributed by atoms with Crippen LogP contribution in [0.1, 0.15) is 31.2 Å². The van der Waals surface area contributed by atoms with Crippen LogP contribution in [0.25, 0.3) is 0 Å². The number of ether oxygens (including phenoxy) is 2. The van der Waals surface area contributed by atoms with E-state index in [0.717, 1.165) is 48.5 Å². The molecule has 1 aliphatic heterocycles. The van der Waals surface area contributed by atoms with Crippen molar-refractivity contribution in [2.45, 2.75) is 44.4 Å². The van der Waals surface area contributed by atoms with Crippen molar-refractivity contribution in [3.8, 4) is 5.88 Å². The molecule has 0 spiro atoms. The summed E-state index contributed by atoms with van der Waals surface area (Å²) in [7, 11) is 0. The minimum atomic E-state index is 0.238. The van der Waals surface area contributed by atoms with Crippen molar-refractivity contribution < 1.29 is 9.47 Å². The van der Waals surface area contributed by atoms with Crippen LogP contribution < -0.4 is 10.1 Å². The van der Waals surface area contributed by atoms with E-state index >= 15 is 0 Å². The molecule has 0 radical (unpaired) electrons. The van der Waals surface area contributed by atoms with Gasteiger partial charge >= 0.3 is 0 Å². The molecule has 1 saturated heterocycles. The number of aromatic nitrogens is 1. The number of rotatable bonds is 5. The van der Waals surface area contributed by atoms with Crippen LogP contribution in [0.15, 0.2) is 16.7 Å². The van der Waals surface area contributed by atoms with E-state index < -0.39 is 0 Å². The van der Waals surface area contributed by atoms with Gasteiger partial charge in [0.15, 0.2) is 0 Å². The summed E-state index contributed by atoms with van der Waals surface area (Å²) < 4.78 is 12.4. The molecule has 1 saturated carbocycles. The highest BCUT2D eigenvalue weighted by atomic mass is 79.9. The molecule has 2 aliphatic rings. The van der Waals surface area contributed by atoms with Gasteiger partial charge in [0.1, 0.15) is 6.10 Å². The highest BCUT2D eigenvalue weighted by molar-refractivity contribution is 9.10. The molecule has 1 aliphatic carbocycles. The minimum absolute atomic E-state index is 0.238. The molecule has 0 atom stereocenters. The fourth-order valence-electron chi connectivity index (χ4n) is 2.19. The molecule has 5 heteroatoms. The van der Waals surface area contributed by atoms with Crippen molar-refractivity contribution in [1.29, 1.82) is 0 Å². The van der Waals surface area contributed by atoms with E-state index in [-0.39, 0.29) is 6.10 Å². The molecule has 4 nitrogen and oxygen atoms in total. The number of nitrogens with one attached hydrogen (secondary N) is 1. The van der Waals surface area contributed by atoms with Gasteiger partial charge in [-0.3, -0.25) is 0 Å². The second-order valence-electron chi connectivity index (χ2n) is 5.20. The Bertz CT molecular complexity index is 431. The van der Waals surface area contributed by atoms with E-state index in [0.29, 0.717) is 6.04 Å². The van der Waals surface area contributed by atoms with E-state index in [1.54, 1.807) is 6.20 Å². The molecule has 104 valence electrons. The summed E-state index contributed by atoms with van der Waals surface area (Å²) >= 11 is 3.48. The summed E-state index contributed by atoms with van der Waals surface area (Å²) in [6.07, 6.45) is 6.52. The second kappa shape index (κ2) is 6.20. The van der Waals surface area contributed by atoms with Gasteiger partial charge in [-0.2, -0.15) is 0 Å². The van der Waals surface area contributed by atoms with Crippen molar-refractivity contribution in [2.75, 3.05) is 13.2 Å². The highest BCUT2D eigenvalue weighted by Gasteiger charge is 2.22. The van der Waals surface area contributed by atoms with Crippen molar-refractivity contribution >= 4 is 15.9 Å². The summed E-state index contributed by atoms with van der Waals surface area (Å²) in [5.41, 5.74) is 1.13. The van der Waals surface area contributed by atoms with E-state index in [2.05, 4.69) is 32.3 Å². The van der Waals surface area contributed by atoms with Gasteiger partial charge in [-0.15, -0.1) is 0 Å². The fraction of sp³-hybridized carbons (Fsp3) is 0.643. The van der Waals surface area contributed by atoms with Gasteiger partial charge < -0.3 is 14.8 Å². The fourth-order valence-corrected chi connectivity index (χ4v) is 2.57. The molecule has 1 N–H and O–H groups in total. The van der Waals surface area contributed by atoms with Crippen LogP contribution >= 0.6 is 15.9 Å². The normalized spacial score (nSPS) is 20.5. The third-order valence-corrected chi connectivity index (χ3v) is 3.93. The van der Waals surface area contributed by atoms with Crippen molar-refractivity contribution in [3.63, 3.8) is 0 Å². The Morgan fingerprint density at radius 1 is 1.32 bits per heavy atom. The van der Waals surface area contributed by atoms with Gasteiger partial charge in [-0.05, 0) is 34.8 Å². The lowest BCUT2D eigenvalue weighted by molar-refractivity contribution is 0.0232. The third-order valence-electron chi connectivity index (χ3n) is 3.50. The molecule has 0 aromatic carbocycles. The lowest BCUT2D eigenvalue weighted by atomic mass is 10.1. The number of hydrogen-bond donors (Lipinski definition) is 1. The molecule has 3 rings (SSSR count). The summed E-state index contributed by atoms with van der Waals surface area (Å²) in [4.78, 5) is 4.42. The first-order valence-corrected chi connectivity index (χ1v) is 7.73. The first-order chi connectivity index (χ1) is 9.31. The molecule has 1 aromatic heterocycles. The third kappa shape index (κ3) is 3.91. The van der Waals surface area contributed by atoms with Crippen molar-refractivity contribution in [1.82, 2.24) is 10.3 Å². The summed E-state index contributed by atoms with van der Waals surface area (Å²) in [6.45, 7) is 2.41. The van der Waals surface area contributed by atoms with Crippen LogP contribution in [0.5, 0.6) is 5.88 Å². The second-order valence-corrected chi connectivity index (χ2v) is 6.12. The van der Waals surface area contributed by atoms with E-state index in [1.807, 2.05) is 0 Å². The summed E-state index contributed by atoms with van der Waals surface area (Å²) in [6, 6.07) is 2.78. The summed E-state index contributed by atoms with van der Waals surface area (Å²) in [5.74, 6) is 0.767. The zero-order chi connectivity index (χ0) is 13.1. The molecule has 0 unspecified atom stereocenters. The zero-order valence-electron chi connectivity index (χ0n) is 10.9. The first kappa shape index (κ1) is 13.3. The van der Waals surface area contributed by atoms with Crippen molar-refractivity contribution in [3.05, 3.63) is 22.3 Å². The molecule has 0 bridgehead atoms. The average molecular weight is 327 g/mol. The average Bonchev–Trinajstić information content (AvgIpc) is 3.24. The Morgan fingerprint density at radius 2 is 2.11 bits per heavy atom.